The van der Waals surface area contributed by atoms with E-state index in [2.05, 4.69) is 0 Å². The van der Waals surface area contributed by atoms with Crippen LogP contribution in [0.2, 0.25) is 0 Å². The van der Waals surface area contributed by atoms with Crippen molar-refractivity contribution in [3.63, 3.8) is 0 Å². The van der Waals surface area contributed by atoms with Gasteiger partial charge >= 0.3 is 0 Å². The first kappa shape index (κ1) is 11.8. The first-order valence-corrected chi connectivity index (χ1v) is 6.69. The highest BCUT2D eigenvalue weighted by molar-refractivity contribution is 7.92. The standard InChI is InChI=1S/C12H11NO3S/c1-9-2-4-10(5-3-9)17(15,16)11-6-12(11,7-13)8-14/h2-5,8,11H,6H2,1H3/t11-,12-/m0/s1. The molecule has 88 valence electrons. The third kappa shape index (κ3) is 1.75. The summed E-state index contributed by atoms with van der Waals surface area (Å²) in [5.74, 6) is 0. The van der Waals surface area contributed by atoms with Crippen LogP contribution in [0.3, 0.4) is 0 Å². The predicted molar refractivity (Wildman–Crippen MR) is 60.9 cm³/mol. The molecule has 0 saturated heterocycles. The molecule has 1 aliphatic rings. The Morgan fingerprint density at radius 2 is 2.00 bits per heavy atom. The molecule has 1 saturated carbocycles. The van der Waals surface area contributed by atoms with Crippen molar-refractivity contribution in [3.05, 3.63) is 29.8 Å². The van der Waals surface area contributed by atoms with Crippen molar-refractivity contribution >= 4 is 16.1 Å². The number of rotatable bonds is 3. The monoisotopic (exact) mass is 249 g/mol. The van der Waals surface area contributed by atoms with Crippen LogP contribution in [-0.4, -0.2) is 20.0 Å². The van der Waals surface area contributed by atoms with Gasteiger partial charge in [0.05, 0.1) is 16.2 Å². The first-order chi connectivity index (χ1) is 7.96. The second-order valence-electron chi connectivity index (χ2n) is 4.32. The lowest BCUT2D eigenvalue weighted by Crippen LogP contribution is -2.16. The maximum Gasteiger partial charge on any atom is 0.183 e. The van der Waals surface area contributed by atoms with Crippen LogP contribution in [0.15, 0.2) is 29.2 Å². The average molecular weight is 249 g/mol. The van der Waals surface area contributed by atoms with Crippen LogP contribution < -0.4 is 0 Å². The van der Waals surface area contributed by atoms with Gasteiger partial charge in [0.25, 0.3) is 0 Å². The van der Waals surface area contributed by atoms with Gasteiger partial charge < -0.3 is 4.79 Å². The van der Waals surface area contributed by atoms with Crippen molar-refractivity contribution in [1.82, 2.24) is 0 Å². The van der Waals surface area contributed by atoms with Crippen molar-refractivity contribution in [2.75, 3.05) is 0 Å². The third-order valence-electron chi connectivity index (χ3n) is 3.08. The fourth-order valence-corrected chi connectivity index (χ4v) is 3.80. The molecule has 1 aliphatic carbocycles. The lowest BCUT2D eigenvalue weighted by atomic mass is 10.2. The van der Waals surface area contributed by atoms with Crippen LogP contribution in [-0.2, 0) is 14.6 Å². The number of nitrogens with zero attached hydrogens (tertiary/aromatic N) is 1. The Bertz CT molecular complexity index is 598. The number of carbonyl (C=O) groups excluding carboxylic acids is 1. The predicted octanol–water partition coefficient (Wildman–Crippen LogP) is 1.25. The zero-order valence-corrected chi connectivity index (χ0v) is 10.1. The Hall–Kier alpha value is -1.67. The second-order valence-corrected chi connectivity index (χ2v) is 6.45. The summed E-state index contributed by atoms with van der Waals surface area (Å²) in [6.07, 6.45) is 0.548. The number of nitriles is 1. The van der Waals surface area contributed by atoms with Gasteiger partial charge in [0.2, 0.25) is 0 Å². The number of benzene rings is 1. The minimum absolute atomic E-state index is 0.100. The summed E-state index contributed by atoms with van der Waals surface area (Å²) < 4.78 is 24.3. The van der Waals surface area contributed by atoms with E-state index < -0.39 is 20.5 Å². The summed E-state index contributed by atoms with van der Waals surface area (Å²) in [5, 5.41) is 7.95. The largest absolute Gasteiger partial charge is 0.302 e. The summed E-state index contributed by atoms with van der Waals surface area (Å²) in [5.41, 5.74) is -0.370. The molecule has 0 N–H and O–H groups in total. The molecule has 2 rings (SSSR count). The minimum atomic E-state index is -3.57. The molecule has 0 spiro atoms. The van der Waals surface area contributed by atoms with Gasteiger partial charge in [-0.3, -0.25) is 0 Å². The number of sulfone groups is 1. The lowest BCUT2D eigenvalue weighted by molar-refractivity contribution is -0.110. The van der Waals surface area contributed by atoms with Crippen LogP contribution in [0.25, 0.3) is 0 Å². The highest BCUT2D eigenvalue weighted by atomic mass is 32.2. The van der Waals surface area contributed by atoms with Crippen LogP contribution in [0.1, 0.15) is 12.0 Å². The van der Waals surface area contributed by atoms with Crippen molar-refractivity contribution in [1.29, 1.82) is 5.26 Å². The molecule has 0 bridgehead atoms. The highest BCUT2D eigenvalue weighted by Gasteiger charge is 2.62. The molecule has 0 heterocycles. The van der Waals surface area contributed by atoms with Gasteiger partial charge in [0, 0.05) is 0 Å². The number of hydrogen-bond donors (Lipinski definition) is 0. The van der Waals surface area contributed by atoms with E-state index in [0.29, 0.717) is 6.29 Å². The van der Waals surface area contributed by atoms with Crippen LogP contribution in [0, 0.1) is 23.7 Å². The van der Waals surface area contributed by atoms with Crippen molar-refractivity contribution in [2.45, 2.75) is 23.5 Å². The van der Waals surface area contributed by atoms with Gasteiger partial charge in [-0.2, -0.15) is 5.26 Å². The number of aldehydes is 1. The van der Waals surface area contributed by atoms with E-state index in [-0.39, 0.29) is 11.3 Å². The Labute approximate surface area is 99.8 Å². The molecule has 0 amide bonds. The van der Waals surface area contributed by atoms with E-state index in [9.17, 15) is 13.2 Å². The second kappa shape index (κ2) is 3.67. The van der Waals surface area contributed by atoms with E-state index in [1.54, 1.807) is 18.2 Å². The van der Waals surface area contributed by atoms with E-state index in [4.69, 9.17) is 5.26 Å². The van der Waals surface area contributed by atoms with Crippen molar-refractivity contribution in [2.24, 2.45) is 5.41 Å². The quantitative estimate of drug-likeness (QED) is 0.755. The fraction of sp³-hybridized carbons (Fsp3) is 0.333. The van der Waals surface area contributed by atoms with Gasteiger partial charge in [0.15, 0.2) is 9.84 Å². The summed E-state index contributed by atoms with van der Waals surface area (Å²) in [6, 6.07) is 8.21. The van der Waals surface area contributed by atoms with Gasteiger partial charge in [-0.25, -0.2) is 8.42 Å². The molecule has 2 atom stereocenters. The molecule has 1 fully saturated rings. The highest BCUT2D eigenvalue weighted by Crippen LogP contribution is 2.50. The normalized spacial score (nSPS) is 27.2. The zero-order valence-electron chi connectivity index (χ0n) is 9.25. The van der Waals surface area contributed by atoms with E-state index in [1.165, 1.54) is 12.1 Å². The molecule has 0 aliphatic heterocycles. The summed E-state index contributed by atoms with van der Waals surface area (Å²) >= 11 is 0. The molecule has 0 radical (unpaired) electrons. The van der Waals surface area contributed by atoms with Crippen molar-refractivity contribution < 1.29 is 13.2 Å². The molecule has 1 aromatic carbocycles. The first-order valence-electron chi connectivity index (χ1n) is 5.14. The fourth-order valence-electron chi connectivity index (χ4n) is 1.79. The number of carbonyl (C=O) groups is 1. The van der Waals surface area contributed by atoms with Gasteiger partial charge in [-0.05, 0) is 25.5 Å². The van der Waals surface area contributed by atoms with E-state index in [0.717, 1.165) is 5.56 Å². The maximum atomic E-state index is 12.1. The van der Waals surface area contributed by atoms with E-state index >= 15 is 0 Å². The van der Waals surface area contributed by atoms with Crippen LogP contribution >= 0.6 is 0 Å². The van der Waals surface area contributed by atoms with Gasteiger partial charge in [0.1, 0.15) is 11.7 Å². The van der Waals surface area contributed by atoms with Gasteiger partial charge in [-0.1, -0.05) is 17.7 Å². The van der Waals surface area contributed by atoms with Gasteiger partial charge in [-0.15, -0.1) is 0 Å². The molecule has 4 nitrogen and oxygen atoms in total. The van der Waals surface area contributed by atoms with Crippen molar-refractivity contribution in [3.8, 4) is 6.07 Å². The lowest BCUT2D eigenvalue weighted by Gasteiger charge is -2.04. The minimum Gasteiger partial charge on any atom is -0.302 e. The summed E-state index contributed by atoms with van der Waals surface area (Å²) in [4.78, 5) is 10.9. The molecule has 0 aromatic heterocycles. The molecular formula is C12H11NO3S. The maximum absolute atomic E-state index is 12.1. The topological polar surface area (TPSA) is 75.0 Å². The zero-order chi connectivity index (χ0) is 12.7. The summed E-state index contributed by atoms with van der Waals surface area (Å²) in [6.45, 7) is 1.86. The Balaban J connectivity index is 2.38. The van der Waals surface area contributed by atoms with Crippen LogP contribution in [0.5, 0.6) is 0 Å². The molecular weight excluding hydrogens is 238 g/mol. The number of aryl methyl sites for hydroxylation is 1. The Morgan fingerprint density at radius 3 is 2.41 bits per heavy atom. The number of hydrogen-bond acceptors (Lipinski definition) is 4. The SMILES string of the molecule is Cc1ccc(S(=O)(=O)[C@H]2C[C@]2(C#N)C=O)cc1. The van der Waals surface area contributed by atoms with Crippen LogP contribution in [0.4, 0.5) is 0 Å². The average Bonchev–Trinajstić information content (AvgIpc) is 3.06. The van der Waals surface area contributed by atoms with E-state index in [1.807, 2.05) is 6.92 Å². The molecule has 17 heavy (non-hydrogen) atoms. The Morgan fingerprint density at radius 1 is 1.41 bits per heavy atom. The molecule has 1 aromatic rings. The Kier molecular flexibility index (Phi) is 2.55. The molecule has 0 unspecified atom stereocenters. The third-order valence-corrected chi connectivity index (χ3v) is 5.35. The molecule has 5 heteroatoms. The smallest absolute Gasteiger partial charge is 0.183 e. The summed E-state index contributed by atoms with van der Waals surface area (Å²) in [7, 11) is -3.57.